The molecule has 0 aromatic heterocycles. The van der Waals surface area contributed by atoms with E-state index in [0.29, 0.717) is 29.8 Å². The number of ether oxygens (including phenoxy) is 2. The molecule has 0 spiro atoms. The number of allylic oxidation sites excluding steroid dienone is 2. The maximum atomic E-state index is 11.1. The van der Waals surface area contributed by atoms with E-state index in [1.54, 1.807) is 12.1 Å². The lowest BCUT2D eigenvalue weighted by atomic mass is 9.66. The highest BCUT2D eigenvalue weighted by Gasteiger charge is 2.46. The standard InChI is InChI=1S/C30H37NO3/c1-20-8-13-25-24(16-20)28-26(32)17-22(18-27(28)34-30(25,4)5)29(2,3)14-6-7-15-33-23-11-9-21(19-31)10-12-23/h8-12,17-18,24-25,32H,6-7,13-16H2,1-5H3. The van der Waals surface area contributed by atoms with Crippen molar-refractivity contribution in [2.75, 3.05) is 6.61 Å². The Morgan fingerprint density at radius 3 is 2.62 bits per heavy atom. The number of benzene rings is 2. The van der Waals surface area contributed by atoms with E-state index in [9.17, 15) is 5.11 Å². The molecule has 0 saturated heterocycles. The molecule has 0 bridgehead atoms. The molecule has 34 heavy (non-hydrogen) atoms. The zero-order valence-corrected chi connectivity index (χ0v) is 21.1. The lowest BCUT2D eigenvalue weighted by Crippen LogP contribution is -2.45. The SMILES string of the molecule is CC1=CCC2C(C1)c1c(O)cc(C(C)(C)CCCCOc3ccc(C#N)cc3)cc1OC2(C)C. The molecule has 0 radical (unpaired) electrons. The van der Waals surface area contributed by atoms with Gasteiger partial charge in [0.2, 0.25) is 0 Å². The van der Waals surface area contributed by atoms with Crippen molar-refractivity contribution in [3.63, 3.8) is 0 Å². The van der Waals surface area contributed by atoms with E-state index in [1.165, 1.54) is 5.57 Å². The molecular weight excluding hydrogens is 422 g/mol. The maximum absolute atomic E-state index is 11.1. The molecule has 2 aromatic rings. The Bertz CT molecular complexity index is 1110. The number of fused-ring (bicyclic) bond motifs is 3. The third kappa shape index (κ3) is 4.94. The van der Waals surface area contributed by atoms with Gasteiger partial charge in [-0.2, -0.15) is 5.26 Å². The summed E-state index contributed by atoms with van der Waals surface area (Å²) in [4.78, 5) is 0. The van der Waals surface area contributed by atoms with E-state index < -0.39 is 0 Å². The predicted molar refractivity (Wildman–Crippen MR) is 136 cm³/mol. The average Bonchev–Trinajstić information content (AvgIpc) is 2.78. The number of rotatable bonds is 7. The van der Waals surface area contributed by atoms with Crippen molar-refractivity contribution in [2.24, 2.45) is 5.92 Å². The fraction of sp³-hybridized carbons (Fsp3) is 0.500. The van der Waals surface area contributed by atoms with Crippen molar-refractivity contribution in [2.45, 2.75) is 83.7 Å². The summed E-state index contributed by atoms with van der Waals surface area (Å²) in [7, 11) is 0. The molecule has 2 unspecified atom stereocenters. The van der Waals surface area contributed by atoms with Gasteiger partial charge >= 0.3 is 0 Å². The normalized spacial score (nSPS) is 20.9. The summed E-state index contributed by atoms with van der Waals surface area (Å²) in [6, 6.07) is 13.5. The summed E-state index contributed by atoms with van der Waals surface area (Å²) < 4.78 is 12.3. The monoisotopic (exact) mass is 459 g/mol. The summed E-state index contributed by atoms with van der Waals surface area (Å²) in [6.07, 6.45) is 7.26. The Hall–Kier alpha value is -2.93. The van der Waals surface area contributed by atoms with E-state index in [4.69, 9.17) is 14.7 Å². The lowest BCUT2D eigenvalue weighted by molar-refractivity contribution is 0.00741. The number of phenolic OH excluding ortho intramolecular Hbond substituents is 1. The van der Waals surface area contributed by atoms with Crippen molar-refractivity contribution in [3.8, 4) is 23.3 Å². The van der Waals surface area contributed by atoms with Crippen LogP contribution in [0.4, 0.5) is 0 Å². The molecular formula is C30H37NO3. The number of phenols is 1. The quantitative estimate of drug-likeness (QED) is 0.346. The van der Waals surface area contributed by atoms with Crippen LogP contribution < -0.4 is 9.47 Å². The van der Waals surface area contributed by atoms with Gasteiger partial charge in [0.25, 0.3) is 0 Å². The Balaban J connectivity index is 1.42. The molecule has 2 atom stereocenters. The topological polar surface area (TPSA) is 62.5 Å². The van der Waals surface area contributed by atoms with Gasteiger partial charge in [0.15, 0.2) is 0 Å². The van der Waals surface area contributed by atoms with E-state index in [-0.39, 0.29) is 11.0 Å². The van der Waals surface area contributed by atoms with Gasteiger partial charge in [0.1, 0.15) is 22.8 Å². The maximum Gasteiger partial charge on any atom is 0.127 e. The summed E-state index contributed by atoms with van der Waals surface area (Å²) >= 11 is 0. The van der Waals surface area contributed by atoms with Crippen molar-refractivity contribution < 1.29 is 14.6 Å². The zero-order valence-electron chi connectivity index (χ0n) is 21.1. The van der Waals surface area contributed by atoms with Crippen molar-refractivity contribution >= 4 is 0 Å². The van der Waals surface area contributed by atoms with Crippen LogP contribution in [0.25, 0.3) is 0 Å². The van der Waals surface area contributed by atoms with Gasteiger partial charge in [-0.3, -0.25) is 0 Å². The molecule has 1 aliphatic heterocycles. The van der Waals surface area contributed by atoms with Crippen LogP contribution in [0.3, 0.4) is 0 Å². The van der Waals surface area contributed by atoms with Crippen molar-refractivity contribution in [1.82, 2.24) is 0 Å². The Kier molecular flexibility index (Phi) is 6.67. The summed E-state index contributed by atoms with van der Waals surface area (Å²) in [5.41, 5.74) is 3.80. The van der Waals surface area contributed by atoms with Gasteiger partial charge in [-0.05, 0) is 100 Å². The van der Waals surface area contributed by atoms with Gasteiger partial charge < -0.3 is 14.6 Å². The van der Waals surface area contributed by atoms with Gasteiger partial charge in [0, 0.05) is 17.4 Å². The second-order valence-electron chi connectivity index (χ2n) is 11.1. The van der Waals surface area contributed by atoms with E-state index >= 15 is 0 Å². The summed E-state index contributed by atoms with van der Waals surface area (Å²) in [6.45, 7) is 11.7. The Morgan fingerprint density at radius 1 is 1.18 bits per heavy atom. The first-order chi connectivity index (χ1) is 16.1. The number of unbranched alkanes of at least 4 members (excludes halogenated alkanes) is 1. The molecule has 1 N–H and O–H groups in total. The minimum absolute atomic E-state index is 0.0896. The molecule has 0 saturated carbocycles. The molecule has 2 aromatic carbocycles. The van der Waals surface area contributed by atoms with Crippen molar-refractivity contribution in [3.05, 3.63) is 64.7 Å². The third-order valence-electron chi connectivity index (χ3n) is 7.73. The highest BCUT2D eigenvalue weighted by atomic mass is 16.5. The highest BCUT2D eigenvalue weighted by molar-refractivity contribution is 5.54. The highest BCUT2D eigenvalue weighted by Crippen LogP contribution is 2.54. The Labute approximate surface area is 204 Å². The van der Waals surface area contributed by atoms with E-state index in [2.05, 4.69) is 52.8 Å². The van der Waals surface area contributed by atoms with E-state index in [0.717, 1.165) is 54.7 Å². The van der Waals surface area contributed by atoms with Crippen LogP contribution in [0, 0.1) is 17.2 Å². The van der Waals surface area contributed by atoms with E-state index in [1.807, 2.05) is 18.2 Å². The first-order valence-electron chi connectivity index (χ1n) is 12.5. The van der Waals surface area contributed by atoms with Gasteiger partial charge in [-0.25, -0.2) is 0 Å². The number of nitriles is 1. The second-order valence-corrected chi connectivity index (χ2v) is 11.1. The van der Waals surface area contributed by atoms with Gasteiger partial charge in [-0.15, -0.1) is 0 Å². The van der Waals surface area contributed by atoms with Crippen LogP contribution in [0.5, 0.6) is 17.2 Å². The molecule has 4 rings (SSSR count). The van der Waals surface area contributed by atoms with Crippen LogP contribution >= 0.6 is 0 Å². The van der Waals surface area contributed by atoms with Crippen LogP contribution in [-0.2, 0) is 5.41 Å². The van der Waals surface area contributed by atoms with Gasteiger partial charge in [0.05, 0.1) is 18.2 Å². The molecule has 0 amide bonds. The first kappa shape index (κ1) is 24.2. The predicted octanol–water partition coefficient (Wildman–Crippen LogP) is 7.40. The fourth-order valence-electron chi connectivity index (χ4n) is 5.58. The summed E-state index contributed by atoms with van der Waals surface area (Å²) in [5, 5.41) is 20.0. The first-order valence-corrected chi connectivity index (χ1v) is 12.5. The van der Waals surface area contributed by atoms with Crippen LogP contribution in [0.1, 0.15) is 89.3 Å². The van der Waals surface area contributed by atoms with Gasteiger partial charge in [-0.1, -0.05) is 25.5 Å². The number of nitrogens with zero attached hydrogens (tertiary/aromatic N) is 1. The van der Waals surface area contributed by atoms with Crippen LogP contribution in [0.15, 0.2) is 48.0 Å². The lowest BCUT2D eigenvalue weighted by Gasteiger charge is -2.47. The summed E-state index contributed by atoms with van der Waals surface area (Å²) in [5.74, 6) is 2.71. The Morgan fingerprint density at radius 2 is 1.91 bits per heavy atom. The molecule has 1 aliphatic carbocycles. The molecule has 4 heteroatoms. The second kappa shape index (κ2) is 9.37. The molecule has 1 heterocycles. The number of aromatic hydroxyl groups is 1. The van der Waals surface area contributed by atoms with Crippen LogP contribution in [-0.4, -0.2) is 17.3 Å². The minimum atomic E-state index is -0.257. The average molecular weight is 460 g/mol. The smallest absolute Gasteiger partial charge is 0.127 e. The number of hydrogen-bond donors (Lipinski definition) is 1. The van der Waals surface area contributed by atoms with Crippen LogP contribution in [0.2, 0.25) is 0 Å². The fourth-order valence-corrected chi connectivity index (χ4v) is 5.58. The number of hydrogen-bond acceptors (Lipinski definition) is 4. The zero-order chi connectivity index (χ0) is 24.5. The molecule has 2 aliphatic rings. The molecule has 180 valence electrons. The third-order valence-corrected chi connectivity index (χ3v) is 7.73. The molecule has 0 fully saturated rings. The molecule has 4 nitrogen and oxygen atoms in total. The largest absolute Gasteiger partial charge is 0.508 e. The minimum Gasteiger partial charge on any atom is -0.508 e. The van der Waals surface area contributed by atoms with Crippen molar-refractivity contribution in [1.29, 1.82) is 5.26 Å².